The molecule has 8 heavy (non-hydrogen) atoms. The molecule has 0 aromatic carbocycles. The number of hydrogen-bond acceptors (Lipinski definition) is 2. The van der Waals surface area contributed by atoms with Gasteiger partial charge in [-0.1, -0.05) is 12.2 Å². The van der Waals surface area contributed by atoms with Crippen molar-refractivity contribution in [3.05, 3.63) is 12.2 Å². The molecule has 1 amide bonds. The van der Waals surface area contributed by atoms with Gasteiger partial charge in [-0.3, -0.25) is 15.8 Å². The third-order valence-corrected chi connectivity index (χ3v) is 1.07. The molecule has 3 heteroatoms. The molecule has 0 unspecified atom stereocenters. The zero-order valence-electron chi connectivity index (χ0n) is 4.35. The van der Waals surface area contributed by atoms with Crippen molar-refractivity contribution in [2.45, 2.75) is 6.04 Å². The fourth-order valence-corrected chi connectivity index (χ4v) is 0.647. The molecule has 0 spiro atoms. The van der Waals surface area contributed by atoms with Crippen molar-refractivity contribution in [2.75, 3.05) is 6.54 Å². The summed E-state index contributed by atoms with van der Waals surface area (Å²) in [5.74, 6) is -0.557. The zero-order chi connectivity index (χ0) is 5.98. The van der Waals surface area contributed by atoms with Crippen LogP contribution in [0, 0.1) is 0 Å². The van der Waals surface area contributed by atoms with Crippen LogP contribution in [0.1, 0.15) is 0 Å². The summed E-state index contributed by atoms with van der Waals surface area (Å²) in [5.41, 5.74) is 6.62. The number of rotatable bonds is 1. The molecule has 1 aliphatic rings. The van der Waals surface area contributed by atoms with Crippen molar-refractivity contribution in [2.24, 2.45) is 0 Å². The Morgan fingerprint density at radius 1 is 1.88 bits per heavy atom. The molecule has 1 heterocycles. The molecule has 0 fully saturated rings. The first-order valence-corrected chi connectivity index (χ1v) is 2.46. The Morgan fingerprint density at radius 2 is 2.62 bits per heavy atom. The molecular weight excluding hydrogens is 104 g/mol. The fourth-order valence-electron chi connectivity index (χ4n) is 0.647. The maximum absolute atomic E-state index is 10.2. The summed E-state index contributed by atoms with van der Waals surface area (Å²) in [6, 6.07) is -0.338. The van der Waals surface area contributed by atoms with Gasteiger partial charge in [0, 0.05) is 6.54 Å². The molecule has 1 rings (SSSR count). The molecule has 1 atom stereocenters. The van der Waals surface area contributed by atoms with Crippen LogP contribution in [0.5, 0.6) is 0 Å². The van der Waals surface area contributed by atoms with Crippen LogP contribution < -0.4 is 11.1 Å². The van der Waals surface area contributed by atoms with Crippen LogP contribution in [0.2, 0.25) is 0 Å². The Labute approximate surface area is 47.6 Å². The minimum atomic E-state index is -0.557. The molecule has 0 bridgehead atoms. The maximum Gasteiger partial charge on any atom is 0.259 e. The van der Waals surface area contributed by atoms with E-state index >= 15 is 0 Å². The molecular formula is C5H7N2O. The van der Waals surface area contributed by atoms with E-state index in [4.69, 9.17) is 5.73 Å². The van der Waals surface area contributed by atoms with Crippen molar-refractivity contribution in [1.29, 1.82) is 0 Å². The van der Waals surface area contributed by atoms with Gasteiger partial charge < -0.3 is 0 Å². The summed E-state index contributed by atoms with van der Waals surface area (Å²) in [5, 5.41) is 2.81. The lowest BCUT2D eigenvalue weighted by Gasteiger charge is -1.99. The molecule has 0 saturated carbocycles. The van der Waals surface area contributed by atoms with E-state index in [1.807, 2.05) is 6.08 Å². The van der Waals surface area contributed by atoms with Crippen LogP contribution in [0.4, 0.5) is 0 Å². The second-order valence-electron chi connectivity index (χ2n) is 1.68. The summed E-state index contributed by atoms with van der Waals surface area (Å²) in [6.07, 6.45) is 3.55. The van der Waals surface area contributed by atoms with Gasteiger partial charge in [-0.05, 0) is 0 Å². The van der Waals surface area contributed by atoms with E-state index in [1.165, 1.54) is 0 Å². The largest absolute Gasteiger partial charge is 0.299 e. The third-order valence-electron chi connectivity index (χ3n) is 1.07. The Morgan fingerprint density at radius 3 is 2.88 bits per heavy atom. The maximum atomic E-state index is 10.2. The summed E-state index contributed by atoms with van der Waals surface area (Å²) in [6.45, 7) is 0.718. The molecule has 43 valence electrons. The quantitative estimate of drug-likeness (QED) is 0.456. The monoisotopic (exact) mass is 111 g/mol. The van der Waals surface area contributed by atoms with E-state index < -0.39 is 5.91 Å². The second kappa shape index (κ2) is 1.96. The van der Waals surface area contributed by atoms with Gasteiger partial charge in [-0.25, -0.2) is 0 Å². The van der Waals surface area contributed by atoms with E-state index in [2.05, 4.69) is 5.32 Å². The Balaban J connectivity index is 2.48. The highest BCUT2D eigenvalue weighted by Gasteiger charge is 2.13. The first-order chi connectivity index (χ1) is 3.80. The van der Waals surface area contributed by atoms with Crippen molar-refractivity contribution in [3.63, 3.8) is 0 Å². The molecule has 1 aliphatic heterocycles. The lowest BCUT2D eigenvalue weighted by Crippen LogP contribution is -2.31. The van der Waals surface area contributed by atoms with Crippen LogP contribution in [0.3, 0.4) is 0 Å². The van der Waals surface area contributed by atoms with E-state index in [-0.39, 0.29) is 6.04 Å². The van der Waals surface area contributed by atoms with Crippen molar-refractivity contribution >= 4 is 5.91 Å². The van der Waals surface area contributed by atoms with Crippen LogP contribution in [0.15, 0.2) is 12.2 Å². The van der Waals surface area contributed by atoms with E-state index in [0.29, 0.717) is 0 Å². The van der Waals surface area contributed by atoms with Crippen molar-refractivity contribution in [1.82, 2.24) is 11.1 Å². The van der Waals surface area contributed by atoms with E-state index in [1.54, 1.807) is 6.08 Å². The number of nitrogens with one attached hydrogen (secondary N) is 2. The molecule has 0 aromatic rings. The SMILES string of the molecule is [NH]C(=O)[C@@H]1C=CCN1. The van der Waals surface area contributed by atoms with Gasteiger partial charge in [-0.2, -0.15) is 0 Å². The van der Waals surface area contributed by atoms with Gasteiger partial charge in [-0.15, -0.1) is 0 Å². The molecule has 2 N–H and O–H groups in total. The van der Waals surface area contributed by atoms with Gasteiger partial charge in [0.1, 0.15) is 6.04 Å². The van der Waals surface area contributed by atoms with Gasteiger partial charge >= 0.3 is 0 Å². The molecule has 1 radical (unpaired) electrons. The average Bonchev–Trinajstić information content (AvgIpc) is 2.12. The molecule has 0 aromatic heterocycles. The normalized spacial score (nSPS) is 26.2. The smallest absolute Gasteiger partial charge is 0.259 e. The van der Waals surface area contributed by atoms with Crippen molar-refractivity contribution in [3.8, 4) is 0 Å². The Hall–Kier alpha value is -0.830. The summed E-state index contributed by atoms with van der Waals surface area (Å²) in [7, 11) is 0. The minimum Gasteiger partial charge on any atom is -0.299 e. The first-order valence-electron chi connectivity index (χ1n) is 2.46. The van der Waals surface area contributed by atoms with Gasteiger partial charge in [0.25, 0.3) is 5.91 Å². The zero-order valence-corrected chi connectivity index (χ0v) is 4.35. The summed E-state index contributed by atoms with van der Waals surface area (Å²) >= 11 is 0. The number of hydrogen-bond donors (Lipinski definition) is 1. The molecule has 3 nitrogen and oxygen atoms in total. The molecule has 0 saturated heterocycles. The Kier molecular flexibility index (Phi) is 1.30. The molecule has 0 aliphatic carbocycles. The average molecular weight is 111 g/mol. The third kappa shape index (κ3) is 0.869. The fraction of sp³-hybridized carbons (Fsp3) is 0.400. The number of carbonyl (C=O) groups excluding carboxylic acids is 1. The highest BCUT2D eigenvalue weighted by Crippen LogP contribution is 1.92. The minimum absolute atomic E-state index is 0.338. The first kappa shape index (κ1) is 5.31. The van der Waals surface area contributed by atoms with Crippen LogP contribution in [0.25, 0.3) is 0 Å². The summed E-state index contributed by atoms with van der Waals surface area (Å²) < 4.78 is 0. The topological polar surface area (TPSA) is 52.9 Å². The summed E-state index contributed by atoms with van der Waals surface area (Å²) in [4.78, 5) is 10.2. The number of amides is 1. The lowest BCUT2D eigenvalue weighted by atomic mass is 10.3. The van der Waals surface area contributed by atoms with Crippen LogP contribution in [-0.2, 0) is 4.79 Å². The number of carbonyl (C=O) groups is 1. The van der Waals surface area contributed by atoms with E-state index in [9.17, 15) is 4.79 Å². The van der Waals surface area contributed by atoms with Crippen LogP contribution in [-0.4, -0.2) is 18.5 Å². The Bertz CT molecular complexity index is 130. The highest BCUT2D eigenvalue weighted by molar-refractivity contribution is 5.81. The van der Waals surface area contributed by atoms with Gasteiger partial charge in [0.05, 0.1) is 0 Å². The predicted octanol–water partition coefficient (Wildman–Crippen LogP) is -0.676. The van der Waals surface area contributed by atoms with Gasteiger partial charge in [0.15, 0.2) is 0 Å². The van der Waals surface area contributed by atoms with Gasteiger partial charge in [0.2, 0.25) is 0 Å². The standard InChI is InChI=1S/C5H7N2O/c6-5(8)4-2-1-3-7-4/h1-2,4,6-7H,3H2/t4-/m0/s1. The highest BCUT2D eigenvalue weighted by atomic mass is 16.1. The second-order valence-corrected chi connectivity index (χ2v) is 1.68. The van der Waals surface area contributed by atoms with Crippen molar-refractivity contribution < 1.29 is 4.79 Å². The van der Waals surface area contributed by atoms with Crippen LogP contribution >= 0.6 is 0 Å². The predicted molar refractivity (Wildman–Crippen MR) is 29.0 cm³/mol. The van der Waals surface area contributed by atoms with E-state index in [0.717, 1.165) is 6.54 Å². The lowest BCUT2D eigenvalue weighted by molar-refractivity contribution is -0.119.